The van der Waals surface area contributed by atoms with E-state index in [2.05, 4.69) is 5.43 Å². The average Bonchev–Trinajstić information content (AvgIpc) is 2.90. The SMILES string of the molecule is Cc1ccc(C)n1NC(=O)c1ccc(CN)o1. The van der Waals surface area contributed by atoms with Gasteiger partial charge in [-0.3, -0.25) is 14.9 Å². The van der Waals surface area contributed by atoms with Crippen LogP contribution in [-0.4, -0.2) is 10.6 Å². The van der Waals surface area contributed by atoms with Crippen LogP contribution in [0.1, 0.15) is 27.7 Å². The molecule has 0 atom stereocenters. The standard InChI is InChI=1S/C12H15N3O2/c1-8-3-4-9(2)15(8)14-12(16)11-6-5-10(7-13)17-11/h3-6H,7,13H2,1-2H3,(H,14,16). The summed E-state index contributed by atoms with van der Waals surface area (Å²) in [5.41, 5.74) is 10.1. The molecule has 0 saturated heterocycles. The summed E-state index contributed by atoms with van der Waals surface area (Å²) in [7, 11) is 0. The van der Waals surface area contributed by atoms with E-state index in [1.165, 1.54) is 0 Å². The third kappa shape index (κ3) is 2.24. The van der Waals surface area contributed by atoms with E-state index in [4.69, 9.17) is 10.2 Å². The van der Waals surface area contributed by atoms with E-state index in [1.54, 1.807) is 16.8 Å². The van der Waals surface area contributed by atoms with Crippen molar-refractivity contribution in [2.24, 2.45) is 5.73 Å². The van der Waals surface area contributed by atoms with Gasteiger partial charge in [-0.1, -0.05) is 0 Å². The Labute approximate surface area is 99.2 Å². The first-order chi connectivity index (χ1) is 8.11. The lowest BCUT2D eigenvalue weighted by atomic mass is 10.4. The van der Waals surface area contributed by atoms with Crippen LogP contribution in [0.4, 0.5) is 0 Å². The van der Waals surface area contributed by atoms with Gasteiger partial charge in [-0.2, -0.15) is 0 Å². The van der Waals surface area contributed by atoms with Crippen LogP contribution in [0.2, 0.25) is 0 Å². The molecule has 1 amide bonds. The summed E-state index contributed by atoms with van der Waals surface area (Å²) in [5, 5.41) is 0. The minimum Gasteiger partial charge on any atom is -0.455 e. The number of nitrogens with zero attached hydrogens (tertiary/aromatic N) is 1. The maximum absolute atomic E-state index is 11.9. The molecule has 0 aromatic carbocycles. The Hall–Kier alpha value is -2.01. The first-order valence-electron chi connectivity index (χ1n) is 5.37. The van der Waals surface area contributed by atoms with Crippen molar-refractivity contribution in [3.63, 3.8) is 0 Å². The molecule has 0 aliphatic carbocycles. The first-order valence-corrected chi connectivity index (χ1v) is 5.37. The van der Waals surface area contributed by atoms with Gasteiger partial charge in [-0.25, -0.2) is 0 Å². The Bertz CT molecular complexity index is 520. The van der Waals surface area contributed by atoms with Gasteiger partial charge in [-0.15, -0.1) is 0 Å². The van der Waals surface area contributed by atoms with Gasteiger partial charge in [-0.05, 0) is 38.1 Å². The van der Waals surface area contributed by atoms with Gasteiger partial charge in [0.25, 0.3) is 0 Å². The van der Waals surface area contributed by atoms with Crippen molar-refractivity contribution in [1.29, 1.82) is 0 Å². The van der Waals surface area contributed by atoms with E-state index in [1.807, 2.05) is 26.0 Å². The van der Waals surface area contributed by atoms with Crippen molar-refractivity contribution < 1.29 is 9.21 Å². The van der Waals surface area contributed by atoms with Crippen molar-refractivity contribution in [2.45, 2.75) is 20.4 Å². The number of carbonyl (C=O) groups is 1. The third-order valence-corrected chi connectivity index (χ3v) is 2.57. The lowest BCUT2D eigenvalue weighted by Crippen LogP contribution is -2.24. The zero-order valence-electron chi connectivity index (χ0n) is 9.86. The number of aryl methyl sites for hydroxylation is 2. The molecule has 0 bridgehead atoms. The molecule has 5 nitrogen and oxygen atoms in total. The summed E-state index contributed by atoms with van der Waals surface area (Å²) in [6.07, 6.45) is 0. The lowest BCUT2D eigenvalue weighted by Gasteiger charge is -2.09. The Morgan fingerprint density at radius 1 is 1.29 bits per heavy atom. The molecule has 2 heterocycles. The Balaban J connectivity index is 2.17. The molecule has 0 unspecified atom stereocenters. The van der Waals surface area contributed by atoms with E-state index in [0.717, 1.165) is 11.4 Å². The summed E-state index contributed by atoms with van der Waals surface area (Å²) < 4.78 is 6.99. The van der Waals surface area contributed by atoms with Crippen LogP contribution in [0.15, 0.2) is 28.7 Å². The highest BCUT2D eigenvalue weighted by atomic mass is 16.4. The normalized spacial score (nSPS) is 10.5. The van der Waals surface area contributed by atoms with Crippen LogP contribution >= 0.6 is 0 Å². The fraction of sp³-hybridized carbons (Fsp3) is 0.250. The number of nitrogens with one attached hydrogen (secondary N) is 1. The number of amides is 1. The maximum atomic E-state index is 11.9. The maximum Gasteiger partial charge on any atom is 0.305 e. The fourth-order valence-corrected chi connectivity index (χ4v) is 1.61. The van der Waals surface area contributed by atoms with Crippen LogP contribution in [0, 0.1) is 13.8 Å². The molecule has 0 radical (unpaired) electrons. The molecule has 2 aromatic rings. The van der Waals surface area contributed by atoms with Crippen molar-refractivity contribution >= 4 is 5.91 Å². The average molecular weight is 233 g/mol. The zero-order chi connectivity index (χ0) is 12.4. The Morgan fingerprint density at radius 2 is 1.94 bits per heavy atom. The number of rotatable bonds is 3. The quantitative estimate of drug-likeness (QED) is 0.844. The van der Waals surface area contributed by atoms with Crippen molar-refractivity contribution in [3.8, 4) is 0 Å². The second-order valence-corrected chi connectivity index (χ2v) is 3.86. The lowest BCUT2D eigenvalue weighted by molar-refractivity contribution is 0.0979. The van der Waals surface area contributed by atoms with E-state index >= 15 is 0 Å². The summed E-state index contributed by atoms with van der Waals surface area (Å²) in [5.74, 6) is 0.571. The molecule has 90 valence electrons. The predicted molar refractivity (Wildman–Crippen MR) is 64.2 cm³/mol. The predicted octanol–water partition coefficient (Wildman–Crippen LogP) is 1.54. The van der Waals surface area contributed by atoms with Crippen LogP contribution in [-0.2, 0) is 6.54 Å². The number of aromatic nitrogens is 1. The Morgan fingerprint density at radius 3 is 2.47 bits per heavy atom. The van der Waals surface area contributed by atoms with Gasteiger partial charge in [0.05, 0.1) is 6.54 Å². The van der Waals surface area contributed by atoms with E-state index in [-0.39, 0.29) is 18.2 Å². The molecule has 0 fully saturated rings. The molecule has 0 saturated carbocycles. The highest BCUT2D eigenvalue weighted by Crippen LogP contribution is 2.09. The fourth-order valence-electron chi connectivity index (χ4n) is 1.61. The molecule has 0 aliphatic heterocycles. The summed E-state index contributed by atoms with van der Waals surface area (Å²) in [6, 6.07) is 7.18. The van der Waals surface area contributed by atoms with Crippen LogP contribution in [0.25, 0.3) is 0 Å². The second kappa shape index (κ2) is 4.47. The van der Waals surface area contributed by atoms with Crippen LogP contribution < -0.4 is 11.2 Å². The monoisotopic (exact) mass is 233 g/mol. The highest BCUT2D eigenvalue weighted by Gasteiger charge is 2.12. The van der Waals surface area contributed by atoms with Crippen molar-refractivity contribution in [2.75, 3.05) is 5.43 Å². The highest BCUT2D eigenvalue weighted by molar-refractivity contribution is 5.97. The van der Waals surface area contributed by atoms with Gasteiger partial charge in [0.1, 0.15) is 5.76 Å². The molecule has 2 rings (SSSR count). The molecule has 0 spiro atoms. The van der Waals surface area contributed by atoms with Gasteiger partial charge >= 0.3 is 5.91 Å². The molecule has 2 aromatic heterocycles. The van der Waals surface area contributed by atoms with Gasteiger partial charge < -0.3 is 10.2 Å². The minimum absolute atomic E-state index is 0.262. The molecule has 17 heavy (non-hydrogen) atoms. The molecular formula is C12H15N3O2. The molecule has 0 aliphatic rings. The largest absolute Gasteiger partial charge is 0.455 e. The second-order valence-electron chi connectivity index (χ2n) is 3.86. The molecule has 3 N–H and O–H groups in total. The third-order valence-electron chi connectivity index (χ3n) is 2.57. The zero-order valence-corrected chi connectivity index (χ0v) is 9.86. The van der Waals surface area contributed by atoms with Crippen molar-refractivity contribution in [3.05, 3.63) is 47.2 Å². The van der Waals surface area contributed by atoms with Gasteiger partial charge in [0, 0.05) is 11.4 Å². The smallest absolute Gasteiger partial charge is 0.305 e. The first kappa shape index (κ1) is 11.5. The van der Waals surface area contributed by atoms with Gasteiger partial charge in [0.2, 0.25) is 0 Å². The van der Waals surface area contributed by atoms with E-state index in [0.29, 0.717) is 5.76 Å². The number of hydrogen-bond donors (Lipinski definition) is 2. The number of hydrogen-bond acceptors (Lipinski definition) is 3. The number of carbonyl (C=O) groups excluding carboxylic acids is 1. The van der Waals surface area contributed by atoms with Crippen LogP contribution in [0.3, 0.4) is 0 Å². The summed E-state index contributed by atoms with van der Waals surface area (Å²) in [4.78, 5) is 11.9. The van der Waals surface area contributed by atoms with Crippen molar-refractivity contribution in [1.82, 2.24) is 4.68 Å². The number of furan rings is 1. The molecule has 5 heteroatoms. The minimum atomic E-state index is -0.285. The van der Waals surface area contributed by atoms with E-state index in [9.17, 15) is 4.79 Å². The van der Waals surface area contributed by atoms with Gasteiger partial charge in [0.15, 0.2) is 5.76 Å². The molecular weight excluding hydrogens is 218 g/mol. The van der Waals surface area contributed by atoms with E-state index < -0.39 is 0 Å². The topological polar surface area (TPSA) is 73.2 Å². The number of nitrogens with two attached hydrogens (primary N) is 1. The summed E-state index contributed by atoms with van der Waals surface area (Å²) in [6.45, 7) is 4.12. The summed E-state index contributed by atoms with van der Waals surface area (Å²) >= 11 is 0. The Kier molecular flexibility index (Phi) is 3.01. The van der Waals surface area contributed by atoms with Crippen LogP contribution in [0.5, 0.6) is 0 Å².